The zero-order valence-electron chi connectivity index (χ0n) is 10.4. The summed E-state index contributed by atoms with van der Waals surface area (Å²) in [6.07, 6.45) is 2.29. The Bertz CT molecular complexity index is 444. The fraction of sp³-hybridized carbons (Fsp3) is 0.462. The molecule has 1 heterocycles. The van der Waals surface area contributed by atoms with Crippen LogP contribution in [0.15, 0.2) is 23.2 Å². The number of benzene rings is 1. The third-order valence-electron chi connectivity index (χ3n) is 2.90. The van der Waals surface area contributed by atoms with Crippen LogP contribution in [0.3, 0.4) is 0 Å². The van der Waals surface area contributed by atoms with Crippen LogP contribution in [0.5, 0.6) is 0 Å². The van der Waals surface area contributed by atoms with E-state index in [9.17, 15) is 4.39 Å². The molecule has 6 heteroatoms. The SMILES string of the molecule is NC(=NC[C@H]1CCCO1)SCc1c(F)cccc1Cl. The average Bonchev–Trinajstić information content (AvgIpc) is 2.89. The van der Waals surface area contributed by atoms with E-state index in [0.717, 1.165) is 19.4 Å². The molecule has 19 heavy (non-hydrogen) atoms. The molecule has 0 spiro atoms. The maximum Gasteiger partial charge on any atom is 0.154 e. The van der Waals surface area contributed by atoms with E-state index < -0.39 is 0 Å². The highest BCUT2D eigenvalue weighted by molar-refractivity contribution is 8.13. The number of aliphatic imine (C=N–C) groups is 1. The first-order valence-electron chi connectivity index (χ1n) is 6.14. The molecule has 1 aliphatic heterocycles. The lowest BCUT2D eigenvalue weighted by Gasteiger charge is -2.07. The van der Waals surface area contributed by atoms with E-state index in [2.05, 4.69) is 4.99 Å². The Hall–Kier alpha value is -0.780. The zero-order valence-corrected chi connectivity index (χ0v) is 12.0. The lowest BCUT2D eigenvalue weighted by Crippen LogP contribution is -2.14. The van der Waals surface area contributed by atoms with Gasteiger partial charge in [-0.3, -0.25) is 4.99 Å². The minimum absolute atomic E-state index is 0.177. The van der Waals surface area contributed by atoms with Crippen LogP contribution in [0.2, 0.25) is 5.02 Å². The second-order valence-corrected chi connectivity index (χ2v) is 5.71. The molecule has 1 aliphatic rings. The summed E-state index contributed by atoms with van der Waals surface area (Å²) in [5.74, 6) is 0.0683. The molecule has 1 atom stereocenters. The summed E-state index contributed by atoms with van der Waals surface area (Å²) in [4.78, 5) is 4.25. The van der Waals surface area contributed by atoms with Gasteiger partial charge in [0.1, 0.15) is 5.82 Å². The number of halogens is 2. The quantitative estimate of drug-likeness (QED) is 0.686. The molecule has 2 N–H and O–H groups in total. The highest BCUT2D eigenvalue weighted by Gasteiger charge is 2.14. The van der Waals surface area contributed by atoms with Crippen LogP contribution in [-0.4, -0.2) is 24.4 Å². The molecule has 2 rings (SSSR count). The van der Waals surface area contributed by atoms with Crippen molar-refractivity contribution < 1.29 is 9.13 Å². The lowest BCUT2D eigenvalue weighted by molar-refractivity contribution is 0.118. The van der Waals surface area contributed by atoms with Crippen molar-refractivity contribution in [2.24, 2.45) is 10.7 Å². The van der Waals surface area contributed by atoms with Gasteiger partial charge in [-0.1, -0.05) is 29.4 Å². The van der Waals surface area contributed by atoms with Crippen LogP contribution in [0.1, 0.15) is 18.4 Å². The number of ether oxygens (including phenoxy) is 1. The van der Waals surface area contributed by atoms with Crippen LogP contribution in [-0.2, 0) is 10.5 Å². The van der Waals surface area contributed by atoms with Crippen LogP contribution in [0.4, 0.5) is 4.39 Å². The zero-order chi connectivity index (χ0) is 13.7. The van der Waals surface area contributed by atoms with Gasteiger partial charge >= 0.3 is 0 Å². The molecule has 1 saturated heterocycles. The number of nitrogens with two attached hydrogens (primary N) is 1. The largest absolute Gasteiger partial charge is 0.379 e. The summed E-state index contributed by atoms with van der Waals surface area (Å²) >= 11 is 7.23. The Morgan fingerprint density at radius 3 is 3.11 bits per heavy atom. The van der Waals surface area contributed by atoms with E-state index in [4.69, 9.17) is 22.1 Å². The van der Waals surface area contributed by atoms with Gasteiger partial charge in [-0.15, -0.1) is 0 Å². The Labute approximate surface area is 121 Å². The Balaban J connectivity index is 1.85. The van der Waals surface area contributed by atoms with E-state index in [1.54, 1.807) is 12.1 Å². The number of thioether (sulfide) groups is 1. The van der Waals surface area contributed by atoms with Gasteiger partial charge in [0.2, 0.25) is 0 Å². The van der Waals surface area contributed by atoms with E-state index in [-0.39, 0.29) is 11.9 Å². The standard InChI is InChI=1S/C13H16ClFN2OS/c14-11-4-1-5-12(15)10(11)8-19-13(16)17-7-9-3-2-6-18-9/h1,4-5,9H,2-3,6-8H2,(H2,16,17)/t9-/m1/s1. The third kappa shape index (κ3) is 4.37. The fourth-order valence-corrected chi connectivity index (χ4v) is 2.90. The number of hydrogen-bond donors (Lipinski definition) is 1. The van der Waals surface area contributed by atoms with Gasteiger partial charge < -0.3 is 10.5 Å². The first kappa shape index (κ1) is 14.6. The molecule has 0 aromatic heterocycles. The van der Waals surface area contributed by atoms with Crippen molar-refractivity contribution in [1.29, 1.82) is 0 Å². The third-order valence-corrected chi connectivity index (χ3v) is 4.11. The summed E-state index contributed by atoms with van der Waals surface area (Å²) in [5.41, 5.74) is 6.25. The van der Waals surface area contributed by atoms with Crippen molar-refractivity contribution in [2.75, 3.05) is 13.2 Å². The van der Waals surface area contributed by atoms with Gasteiger partial charge in [-0.2, -0.15) is 0 Å². The molecule has 1 aromatic rings. The Morgan fingerprint density at radius 2 is 2.42 bits per heavy atom. The monoisotopic (exact) mass is 302 g/mol. The molecule has 0 aliphatic carbocycles. The summed E-state index contributed by atoms with van der Waals surface area (Å²) < 4.78 is 19.0. The summed E-state index contributed by atoms with van der Waals surface area (Å²) in [6, 6.07) is 4.64. The molecule has 3 nitrogen and oxygen atoms in total. The molecular formula is C13H16ClFN2OS. The molecule has 104 valence electrons. The maximum absolute atomic E-state index is 13.5. The number of nitrogens with zero attached hydrogens (tertiary/aromatic N) is 1. The highest BCUT2D eigenvalue weighted by Crippen LogP contribution is 2.24. The number of amidine groups is 1. The predicted molar refractivity (Wildman–Crippen MR) is 78.2 cm³/mol. The molecular weight excluding hydrogens is 287 g/mol. The maximum atomic E-state index is 13.5. The highest BCUT2D eigenvalue weighted by atomic mass is 35.5. The van der Waals surface area contributed by atoms with Gasteiger partial charge in [0.25, 0.3) is 0 Å². The van der Waals surface area contributed by atoms with Crippen molar-refractivity contribution >= 4 is 28.5 Å². The minimum atomic E-state index is -0.313. The smallest absolute Gasteiger partial charge is 0.154 e. The van der Waals surface area contributed by atoms with Crippen molar-refractivity contribution in [2.45, 2.75) is 24.7 Å². The van der Waals surface area contributed by atoms with Crippen LogP contribution >= 0.6 is 23.4 Å². The molecule has 1 fully saturated rings. The lowest BCUT2D eigenvalue weighted by atomic mass is 10.2. The minimum Gasteiger partial charge on any atom is -0.379 e. The van der Waals surface area contributed by atoms with Crippen molar-refractivity contribution in [3.8, 4) is 0 Å². The van der Waals surface area contributed by atoms with Gasteiger partial charge in [-0.05, 0) is 25.0 Å². The van der Waals surface area contributed by atoms with E-state index in [0.29, 0.717) is 28.1 Å². The predicted octanol–water partition coefficient (Wildman–Crippen LogP) is 3.21. The van der Waals surface area contributed by atoms with E-state index in [1.807, 2.05) is 0 Å². The molecule has 0 bridgehead atoms. The van der Waals surface area contributed by atoms with Crippen molar-refractivity contribution in [3.05, 3.63) is 34.6 Å². The molecule has 0 saturated carbocycles. The number of hydrogen-bond acceptors (Lipinski definition) is 3. The average molecular weight is 303 g/mol. The molecule has 0 radical (unpaired) electrons. The Kier molecular flexibility index (Phi) is 5.48. The normalized spacial score (nSPS) is 19.9. The van der Waals surface area contributed by atoms with Gasteiger partial charge in [0.05, 0.1) is 12.6 Å². The second-order valence-electron chi connectivity index (χ2n) is 4.30. The Morgan fingerprint density at radius 1 is 1.58 bits per heavy atom. The van der Waals surface area contributed by atoms with Gasteiger partial charge in [0, 0.05) is 22.9 Å². The van der Waals surface area contributed by atoms with Gasteiger partial charge in [0.15, 0.2) is 5.17 Å². The van der Waals surface area contributed by atoms with Gasteiger partial charge in [-0.25, -0.2) is 4.39 Å². The van der Waals surface area contributed by atoms with Crippen LogP contribution < -0.4 is 5.73 Å². The summed E-state index contributed by atoms with van der Waals surface area (Å²) in [7, 11) is 0. The number of rotatable bonds is 4. The van der Waals surface area contributed by atoms with Crippen molar-refractivity contribution in [3.63, 3.8) is 0 Å². The topological polar surface area (TPSA) is 47.6 Å². The second kappa shape index (κ2) is 7.12. The summed E-state index contributed by atoms with van der Waals surface area (Å²) in [5, 5.41) is 0.856. The van der Waals surface area contributed by atoms with Crippen molar-refractivity contribution in [1.82, 2.24) is 0 Å². The molecule has 1 aromatic carbocycles. The fourth-order valence-electron chi connectivity index (χ4n) is 1.84. The first-order valence-corrected chi connectivity index (χ1v) is 7.50. The summed E-state index contributed by atoms with van der Waals surface area (Å²) in [6.45, 7) is 1.38. The van der Waals surface area contributed by atoms with Crippen LogP contribution in [0, 0.1) is 5.82 Å². The molecule has 0 amide bonds. The van der Waals surface area contributed by atoms with E-state index >= 15 is 0 Å². The first-order chi connectivity index (χ1) is 9.16. The van der Waals surface area contributed by atoms with Crippen LogP contribution in [0.25, 0.3) is 0 Å². The van der Waals surface area contributed by atoms with E-state index in [1.165, 1.54) is 17.8 Å². The molecule has 0 unspecified atom stereocenters.